The first-order chi connectivity index (χ1) is 5.27. The summed E-state index contributed by atoms with van der Waals surface area (Å²) in [6.45, 7) is 0. The van der Waals surface area contributed by atoms with Crippen LogP contribution in [0.25, 0.3) is 0 Å². The summed E-state index contributed by atoms with van der Waals surface area (Å²) in [5.74, 6) is 0.542. The first-order valence-corrected chi connectivity index (χ1v) is 5.36. The largest absolute Gasteiger partial charge is 0.387 e. The molecule has 1 fully saturated rings. The average Bonchev–Trinajstić information content (AvgIpc) is 2.74. The highest BCUT2D eigenvalue weighted by atomic mass is 79.9. The van der Waals surface area contributed by atoms with Gasteiger partial charge in [0.2, 0.25) is 0 Å². The molecular formula is C8H9BrOS. The Labute approximate surface area is 78.2 Å². The molecule has 1 atom stereocenters. The second-order valence-corrected chi connectivity index (χ2v) is 4.81. The Morgan fingerprint density at radius 2 is 2.36 bits per heavy atom. The van der Waals surface area contributed by atoms with E-state index in [0.29, 0.717) is 5.92 Å². The van der Waals surface area contributed by atoms with Gasteiger partial charge < -0.3 is 5.11 Å². The second kappa shape index (κ2) is 2.88. The SMILES string of the molecule is OC(c1cc(Br)cs1)C1CC1. The molecule has 2 rings (SSSR count). The lowest BCUT2D eigenvalue weighted by atomic mass is 10.2. The van der Waals surface area contributed by atoms with Crippen LogP contribution in [0.2, 0.25) is 0 Å². The Morgan fingerprint density at radius 3 is 2.82 bits per heavy atom. The highest BCUT2D eigenvalue weighted by Crippen LogP contribution is 2.42. The van der Waals surface area contributed by atoms with Crippen molar-refractivity contribution in [2.24, 2.45) is 5.92 Å². The monoisotopic (exact) mass is 232 g/mol. The van der Waals surface area contributed by atoms with E-state index >= 15 is 0 Å². The molecule has 1 saturated carbocycles. The van der Waals surface area contributed by atoms with E-state index in [1.54, 1.807) is 11.3 Å². The van der Waals surface area contributed by atoms with E-state index in [2.05, 4.69) is 15.9 Å². The number of halogens is 1. The molecule has 1 heterocycles. The molecule has 0 radical (unpaired) electrons. The maximum Gasteiger partial charge on any atom is 0.0910 e. The summed E-state index contributed by atoms with van der Waals surface area (Å²) in [6, 6.07) is 2.01. The molecule has 1 unspecified atom stereocenters. The molecule has 1 nitrogen and oxygen atoms in total. The molecule has 0 amide bonds. The van der Waals surface area contributed by atoms with Crippen molar-refractivity contribution in [3.8, 4) is 0 Å². The van der Waals surface area contributed by atoms with Crippen molar-refractivity contribution in [1.82, 2.24) is 0 Å². The zero-order valence-electron chi connectivity index (χ0n) is 5.96. The number of hydrogen-bond acceptors (Lipinski definition) is 2. The van der Waals surface area contributed by atoms with Crippen LogP contribution in [0.15, 0.2) is 15.9 Å². The number of aliphatic hydroxyl groups excluding tert-OH is 1. The maximum atomic E-state index is 9.66. The molecule has 1 aromatic heterocycles. The molecular weight excluding hydrogens is 224 g/mol. The van der Waals surface area contributed by atoms with Crippen molar-refractivity contribution >= 4 is 27.3 Å². The average molecular weight is 233 g/mol. The fourth-order valence-corrected chi connectivity index (χ4v) is 2.65. The van der Waals surface area contributed by atoms with Crippen LogP contribution in [0.4, 0.5) is 0 Å². The predicted molar refractivity (Wildman–Crippen MR) is 49.7 cm³/mol. The van der Waals surface area contributed by atoms with E-state index in [4.69, 9.17) is 0 Å². The van der Waals surface area contributed by atoms with E-state index in [1.807, 2.05) is 11.4 Å². The van der Waals surface area contributed by atoms with Crippen LogP contribution in [0.5, 0.6) is 0 Å². The van der Waals surface area contributed by atoms with Crippen LogP contribution >= 0.6 is 27.3 Å². The van der Waals surface area contributed by atoms with Crippen molar-refractivity contribution < 1.29 is 5.11 Å². The predicted octanol–water partition coefficient (Wildman–Crippen LogP) is 2.95. The van der Waals surface area contributed by atoms with Gasteiger partial charge in [-0.1, -0.05) is 0 Å². The molecule has 1 aliphatic carbocycles. The Balaban J connectivity index is 2.14. The Kier molecular flexibility index (Phi) is 2.04. The van der Waals surface area contributed by atoms with Gasteiger partial charge in [-0.05, 0) is 40.8 Å². The molecule has 1 aliphatic rings. The number of hydrogen-bond donors (Lipinski definition) is 1. The minimum atomic E-state index is -0.203. The summed E-state index contributed by atoms with van der Waals surface area (Å²) in [5, 5.41) is 11.7. The molecule has 0 spiro atoms. The molecule has 0 bridgehead atoms. The van der Waals surface area contributed by atoms with Crippen LogP contribution in [-0.4, -0.2) is 5.11 Å². The number of rotatable bonds is 2. The van der Waals surface area contributed by atoms with Crippen molar-refractivity contribution in [3.63, 3.8) is 0 Å². The van der Waals surface area contributed by atoms with E-state index < -0.39 is 0 Å². The van der Waals surface area contributed by atoms with Crippen LogP contribution in [0.3, 0.4) is 0 Å². The van der Waals surface area contributed by atoms with Gasteiger partial charge in [-0.25, -0.2) is 0 Å². The van der Waals surface area contributed by atoms with Gasteiger partial charge in [0.15, 0.2) is 0 Å². The fraction of sp³-hybridized carbons (Fsp3) is 0.500. The molecule has 3 heteroatoms. The molecule has 0 saturated heterocycles. The normalized spacial score (nSPS) is 20.2. The lowest BCUT2D eigenvalue weighted by molar-refractivity contribution is 0.157. The van der Waals surface area contributed by atoms with Gasteiger partial charge in [-0.15, -0.1) is 11.3 Å². The minimum absolute atomic E-state index is 0.203. The highest BCUT2D eigenvalue weighted by Gasteiger charge is 2.31. The van der Waals surface area contributed by atoms with Crippen LogP contribution in [0, 0.1) is 5.92 Å². The topological polar surface area (TPSA) is 20.2 Å². The Hall–Kier alpha value is 0.140. The fourth-order valence-electron chi connectivity index (χ4n) is 1.13. The number of thiophene rings is 1. The summed E-state index contributed by atoms with van der Waals surface area (Å²) >= 11 is 5.00. The number of aliphatic hydroxyl groups is 1. The van der Waals surface area contributed by atoms with E-state index in [1.165, 1.54) is 12.8 Å². The molecule has 0 aromatic carbocycles. The van der Waals surface area contributed by atoms with Gasteiger partial charge in [0.1, 0.15) is 0 Å². The smallest absolute Gasteiger partial charge is 0.0910 e. The van der Waals surface area contributed by atoms with Crippen molar-refractivity contribution in [2.75, 3.05) is 0 Å². The van der Waals surface area contributed by atoms with Gasteiger partial charge in [0, 0.05) is 14.7 Å². The van der Waals surface area contributed by atoms with Gasteiger partial charge in [0.05, 0.1) is 6.10 Å². The summed E-state index contributed by atoms with van der Waals surface area (Å²) < 4.78 is 1.08. The standard InChI is InChI=1S/C8H9BrOS/c9-6-3-7(11-4-6)8(10)5-1-2-5/h3-5,8,10H,1-2H2. The Bertz CT molecular complexity index is 254. The lowest BCUT2D eigenvalue weighted by Crippen LogP contribution is -1.95. The maximum absolute atomic E-state index is 9.66. The van der Waals surface area contributed by atoms with Crippen LogP contribution < -0.4 is 0 Å². The first-order valence-electron chi connectivity index (χ1n) is 3.69. The van der Waals surface area contributed by atoms with Gasteiger partial charge in [-0.3, -0.25) is 0 Å². The zero-order chi connectivity index (χ0) is 7.84. The third-order valence-electron chi connectivity index (χ3n) is 1.95. The van der Waals surface area contributed by atoms with Crippen molar-refractivity contribution in [3.05, 3.63) is 20.8 Å². The summed E-state index contributed by atoms with van der Waals surface area (Å²) in [7, 11) is 0. The molecule has 60 valence electrons. The van der Waals surface area contributed by atoms with Crippen LogP contribution in [-0.2, 0) is 0 Å². The third kappa shape index (κ3) is 1.66. The summed E-state index contributed by atoms with van der Waals surface area (Å²) in [6.07, 6.45) is 2.18. The van der Waals surface area contributed by atoms with E-state index in [9.17, 15) is 5.11 Å². The summed E-state index contributed by atoms with van der Waals surface area (Å²) in [4.78, 5) is 1.10. The minimum Gasteiger partial charge on any atom is -0.387 e. The molecule has 1 aromatic rings. The quantitative estimate of drug-likeness (QED) is 0.832. The van der Waals surface area contributed by atoms with E-state index in [0.717, 1.165) is 9.35 Å². The van der Waals surface area contributed by atoms with Crippen LogP contribution in [0.1, 0.15) is 23.8 Å². The van der Waals surface area contributed by atoms with Gasteiger partial charge in [-0.2, -0.15) is 0 Å². The Morgan fingerprint density at radius 1 is 1.64 bits per heavy atom. The molecule has 1 N–H and O–H groups in total. The summed E-state index contributed by atoms with van der Waals surface area (Å²) in [5.41, 5.74) is 0. The second-order valence-electron chi connectivity index (χ2n) is 2.95. The lowest BCUT2D eigenvalue weighted by Gasteiger charge is -2.03. The molecule has 0 aliphatic heterocycles. The van der Waals surface area contributed by atoms with Crippen molar-refractivity contribution in [1.29, 1.82) is 0 Å². The van der Waals surface area contributed by atoms with E-state index in [-0.39, 0.29) is 6.10 Å². The highest BCUT2D eigenvalue weighted by molar-refractivity contribution is 9.10. The van der Waals surface area contributed by atoms with Gasteiger partial charge in [0.25, 0.3) is 0 Å². The van der Waals surface area contributed by atoms with Crippen molar-refractivity contribution in [2.45, 2.75) is 18.9 Å². The third-order valence-corrected chi connectivity index (χ3v) is 3.71. The first kappa shape index (κ1) is 7.77. The zero-order valence-corrected chi connectivity index (χ0v) is 8.36. The van der Waals surface area contributed by atoms with Gasteiger partial charge >= 0.3 is 0 Å². The molecule has 11 heavy (non-hydrogen) atoms.